The third-order valence-electron chi connectivity index (χ3n) is 2.42. The van der Waals surface area contributed by atoms with Gasteiger partial charge in [-0.05, 0) is 30.4 Å². The summed E-state index contributed by atoms with van der Waals surface area (Å²) in [6.45, 7) is -1.15. The summed E-state index contributed by atoms with van der Waals surface area (Å²) in [7, 11) is 0. The van der Waals surface area contributed by atoms with E-state index in [9.17, 15) is 17.6 Å². The Hall–Kier alpha value is -0.890. The minimum absolute atomic E-state index is 0.0107. The van der Waals surface area contributed by atoms with Crippen LogP contribution in [0, 0.1) is 4.77 Å². The SMILES string of the molecule is FC(F)C(F)(F)Cn1c(=S)[nH]c2cc(Br)ccc21. The summed E-state index contributed by atoms with van der Waals surface area (Å²) in [5.41, 5.74) is 0.878. The van der Waals surface area contributed by atoms with Crippen molar-refractivity contribution in [3.63, 3.8) is 0 Å². The first-order chi connectivity index (χ1) is 8.31. The lowest BCUT2D eigenvalue weighted by molar-refractivity contribution is -0.137. The zero-order valence-corrected chi connectivity index (χ0v) is 11.2. The molecule has 18 heavy (non-hydrogen) atoms. The van der Waals surface area contributed by atoms with Gasteiger partial charge in [0, 0.05) is 4.47 Å². The van der Waals surface area contributed by atoms with Crippen LogP contribution in [0.1, 0.15) is 0 Å². The summed E-state index contributed by atoms with van der Waals surface area (Å²) >= 11 is 8.08. The predicted octanol–water partition coefficient (Wildman–Crippen LogP) is 4.36. The number of hydrogen-bond donors (Lipinski definition) is 1. The molecule has 0 atom stereocenters. The second-order valence-electron chi connectivity index (χ2n) is 3.74. The van der Waals surface area contributed by atoms with Gasteiger partial charge in [0.2, 0.25) is 0 Å². The molecular weight excluding hydrogens is 336 g/mol. The number of hydrogen-bond acceptors (Lipinski definition) is 1. The van der Waals surface area contributed by atoms with Crippen LogP contribution in [0.3, 0.4) is 0 Å². The number of rotatable bonds is 3. The van der Waals surface area contributed by atoms with E-state index in [1.807, 2.05) is 0 Å². The van der Waals surface area contributed by atoms with Crippen LogP contribution in [0.4, 0.5) is 17.6 Å². The number of alkyl halides is 4. The fraction of sp³-hybridized carbons (Fsp3) is 0.300. The van der Waals surface area contributed by atoms with E-state index in [0.717, 1.165) is 9.04 Å². The minimum atomic E-state index is -4.11. The molecule has 1 aromatic carbocycles. The molecule has 2 aromatic rings. The summed E-state index contributed by atoms with van der Waals surface area (Å²) in [4.78, 5) is 2.70. The second-order valence-corrected chi connectivity index (χ2v) is 5.04. The smallest absolute Gasteiger partial charge is 0.324 e. The molecule has 1 N–H and O–H groups in total. The van der Waals surface area contributed by atoms with Gasteiger partial charge in [-0.3, -0.25) is 0 Å². The quantitative estimate of drug-likeness (QED) is 0.649. The molecule has 1 aromatic heterocycles. The van der Waals surface area contributed by atoms with E-state index >= 15 is 0 Å². The number of aromatic nitrogens is 2. The molecule has 0 bridgehead atoms. The first-order valence-corrected chi connectivity index (χ1v) is 6.05. The Kier molecular flexibility index (Phi) is 3.50. The lowest BCUT2D eigenvalue weighted by Crippen LogP contribution is -2.32. The van der Waals surface area contributed by atoms with Crippen molar-refractivity contribution in [1.29, 1.82) is 0 Å². The molecule has 0 saturated carbocycles. The number of nitrogens with zero attached hydrogens (tertiary/aromatic N) is 1. The van der Waals surface area contributed by atoms with Crippen molar-refractivity contribution in [1.82, 2.24) is 9.55 Å². The number of nitrogens with one attached hydrogen (secondary N) is 1. The van der Waals surface area contributed by atoms with Gasteiger partial charge in [0.25, 0.3) is 0 Å². The molecule has 1 heterocycles. The van der Waals surface area contributed by atoms with E-state index in [0.29, 0.717) is 11.0 Å². The lowest BCUT2D eigenvalue weighted by atomic mass is 10.3. The maximum Gasteiger partial charge on any atom is 0.324 e. The fourth-order valence-electron chi connectivity index (χ4n) is 1.57. The Morgan fingerprint density at radius 2 is 2.06 bits per heavy atom. The van der Waals surface area contributed by atoms with Gasteiger partial charge in [0.15, 0.2) is 4.77 Å². The molecule has 0 spiro atoms. The van der Waals surface area contributed by atoms with Crippen molar-refractivity contribution in [2.75, 3.05) is 0 Å². The largest absolute Gasteiger partial charge is 0.331 e. The number of H-pyrrole nitrogens is 1. The number of benzene rings is 1. The molecule has 2 rings (SSSR count). The first kappa shape index (κ1) is 13.5. The Morgan fingerprint density at radius 1 is 1.39 bits per heavy atom. The van der Waals surface area contributed by atoms with Gasteiger partial charge < -0.3 is 9.55 Å². The third kappa shape index (κ3) is 2.44. The molecule has 0 aliphatic carbocycles. The zero-order chi connectivity index (χ0) is 13.5. The van der Waals surface area contributed by atoms with Gasteiger partial charge in [-0.15, -0.1) is 0 Å². The van der Waals surface area contributed by atoms with Crippen LogP contribution < -0.4 is 0 Å². The number of imidazole rings is 1. The highest BCUT2D eigenvalue weighted by molar-refractivity contribution is 9.10. The Morgan fingerprint density at radius 3 is 2.67 bits per heavy atom. The van der Waals surface area contributed by atoms with E-state index in [4.69, 9.17) is 12.2 Å². The van der Waals surface area contributed by atoms with Crippen LogP contribution in [-0.4, -0.2) is 21.9 Å². The Labute approximate surface area is 113 Å². The van der Waals surface area contributed by atoms with Gasteiger partial charge in [-0.2, -0.15) is 8.78 Å². The van der Waals surface area contributed by atoms with Crippen LogP contribution in [-0.2, 0) is 6.54 Å². The molecule has 0 aliphatic rings. The summed E-state index contributed by atoms with van der Waals surface area (Å²) in [5.74, 6) is -4.11. The maximum absolute atomic E-state index is 13.1. The molecular formula is C10H7BrF4N2S. The van der Waals surface area contributed by atoms with Gasteiger partial charge in [-0.25, -0.2) is 8.78 Å². The van der Waals surface area contributed by atoms with E-state index < -0.39 is 18.9 Å². The van der Waals surface area contributed by atoms with Crippen molar-refractivity contribution in [3.05, 3.63) is 27.4 Å². The predicted molar refractivity (Wildman–Crippen MR) is 65.8 cm³/mol. The highest BCUT2D eigenvalue weighted by Gasteiger charge is 2.41. The molecule has 0 amide bonds. The van der Waals surface area contributed by atoms with Crippen molar-refractivity contribution in [2.45, 2.75) is 18.9 Å². The summed E-state index contributed by atoms with van der Waals surface area (Å²) in [6, 6.07) is 4.80. The van der Waals surface area contributed by atoms with Crippen molar-refractivity contribution in [3.8, 4) is 0 Å². The molecule has 8 heteroatoms. The first-order valence-electron chi connectivity index (χ1n) is 4.85. The van der Waals surface area contributed by atoms with Gasteiger partial charge >= 0.3 is 12.3 Å². The van der Waals surface area contributed by atoms with E-state index in [1.54, 1.807) is 12.1 Å². The highest BCUT2D eigenvalue weighted by Crippen LogP contribution is 2.27. The van der Waals surface area contributed by atoms with E-state index in [1.165, 1.54) is 6.07 Å². The van der Waals surface area contributed by atoms with Crippen LogP contribution in [0.5, 0.6) is 0 Å². The summed E-state index contributed by atoms with van der Waals surface area (Å²) in [6.07, 6.45) is -3.72. The molecule has 0 unspecified atom stereocenters. The van der Waals surface area contributed by atoms with Crippen LogP contribution in [0.15, 0.2) is 22.7 Å². The average Bonchev–Trinajstić information content (AvgIpc) is 2.54. The van der Waals surface area contributed by atoms with Crippen LogP contribution in [0.25, 0.3) is 11.0 Å². The third-order valence-corrected chi connectivity index (χ3v) is 3.24. The van der Waals surface area contributed by atoms with E-state index in [-0.39, 0.29) is 4.77 Å². The zero-order valence-electron chi connectivity index (χ0n) is 8.76. The Bertz CT molecular complexity index is 634. The molecule has 2 nitrogen and oxygen atoms in total. The van der Waals surface area contributed by atoms with Crippen molar-refractivity contribution < 1.29 is 17.6 Å². The average molecular weight is 343 g/mol. The molecule has 0 aliphatic heterocycles. The summed E-state index contributed by atoms with van der Waals surface area (Å²) in [5, 5.41) is 0. The van der Waals surface area contributed by atoms with Crippen molar-refractivity contribution >= 4 is 39.2 Å². The molecule has 0 saturated heterocycles. The minimum Gasteiger partial charge on any atom is -0.331 e. The van der Waals surface area contributed by atoms with Gasteiger partial charge in [0.05, 0.1) is 17.6 Å². The maximum atomic E-state index is 13.1. The fourth-order valence-corrected chi connectivity index (χ4v) is 2.21. The normalized spacial score (nSPS) is 12.6. The Balaban J connectivity index is 2.52. The van der Waals surface area contributed by atoms with Crippen LogP contribution in [0.2, 0.25) is 0 Å². The second kappa shape index (κ2) is 4.65. The van der Waals surface area contributed by atoms with Crippen molar-refractivity contribution in [2.24, 2.45) is 0 Å². The van der Waals surface area contributed by atoms with Gasteiger partial charge in [0.1, 0.15) is 0 Å². The summed E-state index contributed by atoms with van der Waals surface area (Å²) < 4.78 is 52.2. The standard InChI is InChI=1S/C10H7BrF4N2S/c11-5-1-2-7-6(3-5)16-9(18)17(7)4-10(14,15)8(12)13/h1-3,8H,4H2,(H,16,18). The number of halogens is 5. The molecule has 0 radical (unpaired) electrons. The monoisotopic (exact) mass is 342 g/mol. The van der Waals surface area contributed by atoms with Gasteiger partial charge in [-0.1, -0.05) is 15.9 Å². The van der Waals surface area contributed by atoms with E-state index in [2.05, 4.69) is 20.9 Å². The number of fused-ring (bicyclic) bond motifs is 1. The number of aromatic amines is 1. The topological polar surface area (TPSA) is 20.7 Å². The highest BCUT2D eigenvalue weighted by atomic mass is 79.9. The van der Waals surface area contributed by atoms with Crippen LogP contribution >= 0.6 is 28.1 Å². The lowest BCUT2D eigenvalue weighted by Gasteiger charge is -2.16. The molecule has 98 valence electrons. The molecule has 0 fully saturated rings.